The van der Waals surface area contributed by atoms with Crippen molar-refractivity contribution >= 4 is 21.8 Å². The molecule has 5 heteroatoms. The zero-order valence-electron chi connectivity index (χ0n) is 11.5. The highest BCUT2D eigenvalue weighted by Crippen LogP contribution is 2.23. The molecule has 0 aliphatic carbocycles. The van der Waals surface area contributed by atoms with Gasteiger partial charge in [-0.05, 0) is 42.3 Å². The molecule has 21 heavy (non-hydrogen) atoms. The number of ether oxygens (including phenoxy) is 1. The first-order valence-electron chi connectivity index (χ1n) is 6.46. The Balaban J connectivity index is 1.96. The molecular weight excluding hydrogens is 337 g/mol. The molecule has 2 aromatic rings. The van der Waals surface area contributed by atoms with E-state index < -0.39 is 0 Å². The lowest BCUT2D eigenvalue weighted by molar-refractivity contribution is 0.0951. The van der Waals surface area contributed by atoms with Crippen LogP contribution in [0.2, 0.25) is 0 Å². The largest absolute Gasteiger partial charge is 0.496 e. The molecule has 0 saturated heterocycles. The number of hydrogen-bond donors (Lipinski definition) is 1. The summed E-state index contributed by atoms with van der Waals surface area (Å²) >= 11 is 3.33. The molecule has 2 rings (SSSR count). The molecule has 0 unspecified atom stereocenters. The van der Waals surface area contributed by atoms with E-state index in [-0.39, 0.29) is 11.7 Å². The highest BCUT2D eigenvalue weighted by molar-refractivity contribution is 9.10. The van der Waals surface area contributed by atoms with E-state index in [2.05, 4.69) is 21.2 Å². The van der Waals surface area contributed by atoms with E-state index in [1.807, 2.05) is 6.07 Å². The first-order valence-corrected chi connectivity index (χ1v) is 7.25. The predicted molar refractivity (Wildman–Crippen MR) is 83.1 cm³/mol. The molecule has 110 valence electrons. The average molecular weight is 352 g/mol. The molecule has 3 nitrogen and oxygen atoms in total. The molecular formula is C16H15BrFNO2. The number of halogens is 2. The Labute approximate surface area is 131 Å². The van der Waals surface area contributed by atoms with Gasteiger partial charge in [0.15, 0.2) is 0 Å². The molecule has 0 aliphatic rings. The maximum absolute atomic E-state index is 13.0. The van der Waals surface area contributed by atoms with E-state index in [1.54, 1.807) is 24.3 Å². The molecule has 0 atom stereocenters. The Morgan fingerprint density at radius 3 is 2.81 bits per heavy atom. The topological polar surface area (TPSA) is 38.3 Å². The third kappa shape index (κ3) is 4.29. The van der Waals surface area contributed by atoms with Crippen molar-refractivity contribution < 1.29 is 13.9 Å². The van der Waals surface area contributed by atoms with E-state index in [9.17, 15) is 9.18 Å². The van der Waals surface area contributed by atoms with Gasteiger partial charge in [0.1, 0.15) is 11.6 Å². The summed E-state index contributed by atoms with van der Waals surface area (Å²) in [7, 11) is 1.52. The van der Waals surface area contributed by atoms with Gasteiger partial charge in [-0.25, -0.2) is 4.39 Å². The quantitative estimate of drug-likeness (QED) is 0.894. The van der Waals surface area contributed by atoms with E-state index in [0.717, 1.165) is 10.0 Å². The van der Waals surface area contributed by atoms with Gasteiger partial charge in [0.25, 0.3) is 5.91 Å². The summed E-state index contributed by atoms with van der Waals surface area (Å²) < 4.78 is 19.1. The lowest BCUT2D eigenvalue weighted by Gasteiger charge is -2.10. The summed E-state index contributed by atoms with van der Waals surface area (Å²) in [5.74, 6) is 0.0248. The Bertz CT molecular complexity index is 646. The van der Waals surface area contributed by atoms with Crippen LogP contribution in [-0.2, 0) is 6.42 Å². The van der Waals surface area contributed by atoms with Gasteiger partial charge >= 0.3 is 0 Å². The highest BCUT2D eigenvalue weighted by Gasteiger charge is 2.11. The molecule has 0 fully saturated rings. The van der Waals surface area contributed by atoms with Gasteiger partial charge in [0, 0.05) is 11.0 Å². The summed E-state index contributed by atoms with van der Waals surface area (Å²) in [6.45, 7) is 0.432. The lowest BCUT2D eigenvalue weighted by Crippen LogP contribution is -2.26. The average Bonchev–Trinajstić information content (AvgIpc) is 2.47. The molecule has 0 radical (unpaired) electrons. The lowest BCUT2D eigenvalue weighted by atomic mass is 10.1. The maximum Gasteiger partial charge on any atom is 0.255 e. The second kappa shape index (κ2) is 7.22. The van der Waals surface area contributed by atoms with Crippen LogP contribution < -0.4 is 10.1 Å². The summed E-state index contributed by atoms with van der Waals surface area (Å²) in [6, 6.07) is 11.6. The van der Waals surface area contributed by atoms with E-state index in [1.165, 1.54) is 19.2 Å². The van der Waals surface area contributed by atoms with Gasteiger partial charge in [-0.15, -0.1) is 0 Å². The number of benzene rings is 2. The number of carbonyl (C=O) groups excluding carboxylic acids is 1. The standard InChI is InChI=1S/C16H15BrFNO2/c1-21-15-10-12(17)5-6-14(15)16(20)19-8-7-11-3-2-4-13(18)9-11/h2-6,9-10H,7-8H2,1H3,(H,19,20). The molecule has 0 aromatic heterocycles. The molecule has 1 N–H and O–H groups in total. The van der Waals surface area contributed by atoms with Crippen molar-refractivity contribution in [3.05, 3.63) is 63.9 Å². The zero-order valence-corrected chi connectivity index (χ0v) is 13.1. The van der Waals surface area contributed by atoms with Crippen LogP contribution in [0.4, 0.5) is 4.39 Å². The summed E-state index contributed by atoms with van der Waals surface area (Å²) in [5, 5.41) is 2.80. The van der Waals surface area contributed by atoms with Gasteiger partial charge in [0.05, 0.1) is 12.7 Å². The van der Waals surface area contributed by atoms with Crippen LogP contribution in [0.3, 0.4) is 0 Å². The van der Waals surface area contributed by atoms with Gasteiger partial charge in [0.2, 0.25) is 0 Å². The SMILES string of the molecule is COc1cc(Br)ccc1C(=O)NCCc1cccc(F)c1. The van der Waals surface area contributed by atoms with Crippen molar-refractivity contribution in [1.29, 1.82) is 0 Å². The number of carbonyl (C=O) groups is 1. The Hall–Kier alpha value is -1.88. The molecule has 2 aromatic carbocycles. The Morgan fingerprint density at radius 2 is 2.10 bits per heavy atom. The van der Waals surface area contributed by atoms with Crippen LogP contribution in [0.5, 0.6) is 5.75 Å². The fourth-order valence-electron chi connectivity index (χ4n) is 1.96. The first kappa shape index (κ1) is 15.5. The van der Waals surface area contributed by atoms with Crippen LogP contribution in [0.15, 0.2) is 46.9 Å². The molecule has 0 heterocycles. The van der Waals surface area contributed by atoms with Gasteiger partial charge in [-0.1, -0.05) is 28.1 Å². The van der Waals surface area contributed by atoms with Gasteiger partial charge in [-0.3, -0.25) is 4.79 Å². The third-order valence-corrected chi connectivity index (χ3v) is 3.49. The number of nitrogens with one attached hydrogen (secondary N) is 1. The monoisotopic (exact) mass is 351 g/mol. The van der Waals surface area contributed by atoms with E-state index in [4.69, 9.17) is 4.74 Å². The van der Waals surface area contributed by atoms with Crippen LogP contribution in [-0.4, -0.2) is 19.6 Å². The van der Waals surface area contributed by atoms with E-state index in [0.29, 0.717) is 24.3 Å². The normalized spacial score (nSPS) is 10.2. The first-order chi connectivity index (χ1) is 10.1. The molecule has 0 bridgehead atoms. The summed E-state index contributed by atoms with van der Waals surface area (Å²) in [4.78, 5) is 12.1. The fraction of sp³-hybridized carbons (Fsp3) is 0.188. The molecule has 0 saturated carbocycles. The second-order valence-corrected chi connectivity index (χ2v) is 5.40. The van der Waals surface area contributed by atoms with Crippen molar-refractivity contribution in [2.75, 3.05) is 13.7 Å². The van der Waals surface area contributed by atoms with Crippen molar-refractivity contribution in [1.82, 2.24) is 5.32 Å². The summed E-state index contributed by atoms with van der Waals surface area (Å²) in [6.07, 6.45) is 0.572. The van der Waals surface area contributed by atoms with Crippen LogP contribution in [0.25, 0.3) is 0 Å². The van der Waals surface area contributed by atoms with Crippen LogP contribution >= 0.6 is 15.9 Å². The maximum atomic E-state index is 13.0. The number of rotatable bonds is 5. The highest BCUT2D eigenvalue weighted by atomic mass is 79.9. The van der Waals surface area contributed by atoms with Crippen LogP contribution in [0, 0.1) is 5.82 Å². The number of methoxy groups -OCH3 is 1. The number of amides is 1. The molecule has 0 aliphatic heterocycles. The zero-order chi connectivity index (χ0) is 15.2. The predicted octanol–water partition coefficient (Wildman–Crippen LogP) is 3.57. The van der Waals surface area contributed by atoms with Crippen molar-refractivity contribution in [2.24, 2.45) is 0 Å². The fourth-order valence-corrected chi connectivity index (χ4v) is 2.30. The van der Waals surface area contributed by atoms with Crippen molar-refractivity contribution in [3.63, 3.8) is 0 Å². The summed E-state index contributed by atoms with van der Waals surface area (Å²) in [5.41, 5.74) is 1.32. The third-order valence-electron chi connectivity index (χ3n) is 3.00. The Kier molecular flexibility index (Phi) is 5.33. The Morgan fingerprint density at radius 1 is 1.29 bits per heavy atom. The minimum Gasteiger partial charge on any atom is -0.496 e. The van der Waals surface area contributed by atoms with Crippen molar-refractivity contribution in [3.8, 4) is 5.75 Å². The van der Waals surface area contributed by atoms with Crippen LogP contribution in [0.1, 0.15) is 15.9 Å². The minimum absolute atomic E-state index is 0.212. The van der Waals surface area contributed by atoms with Gasteiger partial charge < -0.3 is 10.1 Å². The van der Waals surface area contributed by atoms with Gasteiger partial charge in [-0.2, -0.15) is 0 Å². The molecule has 0 spiro atoms. The van der Waals surface area contributed by atoms with E-state index >= 15 is 0 Å². The van der Waals surface area contributed by atoms with Crippen molar-refractivity contribution in [2.45, 2.75) is 6.42 Å². The minimum atomic E-state index is -0.270. The second-order valence-electron chi connectivity index (χ2n) is 4.48. The smallest absolute Gasteiger partial charge is 0.255 e. The molecule has 1 amide bonds. The number of hydrogen-bond acceptors (Lipinski definition) is 2.